The summed E-state index contributed by atoms with van der Waals surface area (Å²) < 4.78 is 5.50. The predicted molar refractivity (Wildman–Crippen MR) is 68.9 cm³/mol. The van der Waals surface area contributed by atoms with Crippen LogP contribution in [0.1, 0.15) is 32.1 Å². The zero-order chi connectivity index (χ0) is 13.1. The van der Waals surface area contributed by atoms with Gasteiger partial charge < -0.3 is 15.5 Å². The van der Waals surface area contributed by atoms with Gasteiger partial charge in [-0.2, -0.15) is 0 Å². The van der Waals surface area contributed by atoms with Crippen LogP contribution in [0.25, 0.3) is 0 Å². The van der Waals surface area contributed by atoms with Crippen LogP contribution in [0.3, 0.4) is 0 Å². The number of piperazine rings is 1. The van der Waals surface area contributed by atoms with Gasteiger partial charge in [-0.05, 0) is 25.5 Å². The van der Waals surface area contributed by atoms with Crippen molar-refractivity contribution in [1.29, 1.82) is 0 Å². The highest BCUT2D eigenvalue weighted by molar-refractivity contribution is 5.82. The number of hydrogen-bond acceptors (Lipinski definition) is 4. The molecular weight excluding hydrogens is 230 g/mol. The van der Waals surface area contributed by atoms with E-state index >= 15 is 0 Å². The van der Waals surface area contributed by atoms with Crippen molar-refractivity contribution in [3.8, 4) is 0 Å². The fraction of sp³-hybridized carbons (Fsp3) is 0.615. The number of nitrogens with zero attached hydrogens (tertiary/aromatic N) is 1. The Morgan fingerprint density at radius 3 is 3.06 bits per heavy atom. The van der Waals surface area contributed by atoms with Crippen LogP contribution in [0.15, 0.2) is 22.8 Å². The first-order valence-electron chi connectivity index (χ1n) is 6.47. The Bertz CT molecular complexity index is 391. The zero-order valence-corrected chi connectivity index (χ0v) is 10.9. The summed E-state index contributed by atoms with van der Waals surface area (Å²) in [5, 5.41) is 2.87. The monoisotopic (exact) mass is 251 g/mol. The maximum absolute atomic E-state index is 11.8. The minimum atomic E-state index is -0.175. The molecule has 0 spiro atoms. The van der Waals surface area contributed by atoms with Crippen LogP contribution in [0.2, 0.25) is 0 Å². The summed E-state index contributed by atoms with van der Waals surface area (Å²) in [6.07, 6.45) is 2.50. The van der Waals surface area contributed by atoms with Crippen LogP contribution < -0.4 is 11.1 Å². The van der Waals surface area contributed by atoms with Gasteiger partial charge in [0.25, 0.3) is 0 Å². The van der Waals surface area contributed by atoms with Gasteiger partial charge in [-0.1, -0.05) is 6.92 Å². The van der Waals surface area contributed by atoms with E-state index in [2.05, 4.69) is 17.1 Å². The number of carbonyl (C=O) groups excluding carboxylic acids is 1. The van der Waals surface area contributed by atoms with Gasteiger partial charge in [0.15, 0.2) is 0 Å². The maximum atomic E-state index is 11.8. The SMILES string of the molecule is CCC(N)C(c1ccco1)N1CCNC(=O)C1C. The number of hydrogen-bond donors (Lipinski definition) is 2. The third kappa shape index (κ3) is 2.42. The van der Waals surface area contributed by atoms with E-state index < -0.39 is 0 Å². The molecule has 1 aliphatic rings. The second-order valence-corrected chi connectivity index (χ2v) is 4.74. The minimum Gasteiger partial charge on any atom is -0.468 e. The quantitative estimate of drug-likeness (QED) is 0.833. The Kier molecular flexibility index (Phi) is 4.04. The highest BCUT2D eigenvalue weighted by Crippen LogP contribution is 2.28. The molecule has 2 heterocycles. The standard InChI is InChI=1S/C13H21N3O2/c1-3-10(14)12(11-5-4-8-18-11)16-7-6-15-13(17)9(16)2/h4-5,8-10,12H,3,6-7,14H2,1-2H3,(H,15,17). The molecule has 1 aliphatic heterocycles. The van der Waals surface area contributed by atoms with Crippen LogP contribution in [0.4, 0.5) is 0 Å². The van der Waals surface area contributed by atoms with E-state index in [1.165, 1.54) is 0 Å². The molecule has 0 radical (unpaired) electrons. The minimum absolute atomic E-state index is 0.0361. The first-order valence-corrected chi connectivity index (χ1v) is 6.47. The van der Waals surface area contributed by atoms with E-state index in [-0.39, 0.29) is 24.0 Å². The Morgan fingerprint density at radius 1 is 1.67 bits per heavy atom. The molecule has 18 heavy (non-hydrogen) atoms. The predicted octanol–water partition coefficient (Wildman–Crippen LogP) is 0.878. The first-order chi connectivity index (χ1) is 8.65. The summed E-state index contributed by atoms with van der Waals surface area (Å²) in [6.45, 7) is 5.42. The molecule has 1 aromatic heterocycles. The van der Waals surface area contributed by atoms with Crippen molar-refractivity contribution >= 4 is 5.91 Å². The Morgan fingerprint density at radius 2 is 2.44 bits per heavy atom. The summed E-state index contributed by atoms with van der Waals surface area (Å²) in [5.41, 5.74) is 6.21. The van der Waals surface area contributed by atoms with E-state index in [0.29, 0.717) is 6.54 Å². The van der Waals surface area contributed by atoms with Gasteiger partial charge in [0.05, 0.1) is 18.3 Å². The van der Waals surface area contributed by atoms with Crippen molar-refractivity contribution in [3.05, 3.63) is 24.2 Å². The topological polar surface area (TPSA) is 71.5 Å². The van der Waals surface area contributed by atoms with E-state index in [0.717, 1.165) is 18.7 Å². The van der Waals surface area contributed by atoms with Gasteiger partial charge in [0.2, 0.25) is 5.91 Å². The lowest BCUT2D eigenvalue weighted by Crippen LogP contribution is -2.57. The lowest BCUT2D eigenvalue weighted by atomic mass is 9.99. The summed E-state index contributed by atoms with van der Waals surface area (Å²) in [6, 6.07) is 3.54. The molecule has 0 aliphatic carbocycles. The molecule has 0 bridgehead atoms. The summed E-state index contributed by atoms with van der Waals surface area (Å²) in [7, 11) is 0. The third-order valence-electron chi connectivity index (χ3n) is 3.62. The van der Waals surface area contributed by atoms with Gasteiger partial charge in [0, 0.05) is 19.1 Å². The van der Waals surface area contributed by atoms with E-state index in [1.807, 2.05) is 19.1 Å². The van der Waals surface area contributed by atoms with E-state index in [4.69, 9.17) is 10.2 Å². The van der Waals surface area contributed by atoms with Crippen molar-refractivity contribution in [2.24, 2.45) is 5.73 Å². The van der Waals surface area contributed by atoms with Gasteiger partial charge in [0.1, 0.15) is 5.76 Å². The third-order valence-corrected chi connectivity index (χ3v) is 3.62. The fourth-order valence-corrected chi connectivity index (χ4v) is 2.48. The molecule has 0 saturated carbocycles. The van der Waals surface area contributed by atoms with Gasteiger partial charge in [-0.25, -0.2) is 0 Å². The Hall–Kier alpha value is -1.33. The van der Waals surface area contributed by atoms with Gasteiger partial charge >= 0.3 is 0 Å². The second-order valence-electron chi connectivity index (χ2n) is 4.74. The summed E-state index contributed by atoms with van der Waals surface area (Å²) >= 11 is 0. The molecule has 5 nitrogen and oxygen atoms in total. The molecule has 1 saturated heterocycles. The molecule has 2 rings (SSSR count). The highest BCUT2D eigenvalue weighted by atomic mass is 16.3. The van der Waals surface area contributed by atoms with Crippen molar-refractivity contribution in [2.75, 3.05) is 13.1 Å². The summed E-state index contributed by atoms with van der Waals surface area (Å²) in [4.78, 5) is 13.9. The Balaban J connectivity index is 2.26. The largest absolute Gasteiger partial charge is 0.468 e. The maximum Gasteiger partial charge on any atom is 0.237 e. The lowest BCUT2D eigenvalue weighted by Gasteiger charge is -2.40. The molecule has 3 N–H and O–H groups in total. The van der Waals surface area contributed by atoms with Crippen LogP contribution in [0, 0.1) is 0 Å². The molecule has 1 fully saturated rings. The van der Waals surface area contributed by atoms with Crippen molar-refractivity contribution in [1.82, 2.24) is 10.2 Å². The van der Waals surface area contributed by atoms with Crippen LogP contribution in [-0.2, 0) is 4.79 Å². The van der Waals surface area contributed by atoms with Crippen molar-refractivity contribution < 1.29 is 9.21 Å². The van der Waals surface area contributed by atoms with Crippen LogP contribution in [-0.4, -0.2) is 36.0 Å². The summed E-state index contributed by atoms with van der Waals surface area (Å²) in [5.74, 6) is 0.895. The molecule has 3 unspecified atom stereocenters. The van der Waals surface area contributed by atoms with Gasteiger partial charge in [-0.15, -0.1) is 0 Å². The van der Waals surface area contributed by atoms with Crippen molar-refractivity contribution in [2.45, 2.75) is 38.4 Å². The first kappa shape index (κ1) is 13.1. The molecule has 1 aromatic rings. The molecule has 5 heteroatoms. The smallest absolute Gasteiger partial charge is 0.237 e. The van der Waals surface area contributed by atoms with Crippen LogP contribution >= 0.6 is 0 Å². The number of furan rings is 1. The van der Waals surface area contributed by atoms with Gasteiger partial charge in [-0.3, -0.25) is 9.69 Å². The van der Waals surface area contributed by atoms with Crippen LogP contribution in [0.5, 0.6) is 0 Å². The van der Waals surface area contributed by atoms with E-state index in [1.54, 1.807) is 6.26 Å². The number of rotatable bonds is 4. The molecule has 0 aromatic carbocycles. The van der Waals surface area contributed by atoms with E-state index in [9.17, 15) is 4.79 Å². The Labute approximate surface area is 107 Å². The number of amides is 1. The molecular formula is C13H21N3O2. The highest BCUT2D eigenvalue weighted by Gasteiger charge is 2.35. The molecule has 3 atom stereocenters. The normalized spacial score (nSPS) is 24.6. The fourth-order valence-electron chi connectivity index (χ4n) is 2.48. The molecule has 1 amide bonds. The average molecular weight is 251 g/mol. The number of nitrogens with two attached hydrogens (primary N) is 1. The molecule has 100 valence electrons. The average Bonchev–Trinajstić information content (AvgIpc) is 2.88. The number of carbonyl (C=O) groups is 1. The second kappa shape index (κ2) is 5.54. The van der Waals surface area contributed by atoms with Crippen molar-refractivity contribution in [3.63, 3.8) is 0 Å². The zero-order valence-electron chi connectivity index (χ0n) is 10.9. The lowest BCUT2D eigenvalue weighted by molar-refractivity contribution is -0.130. The number of nitrogens with one attached hydrogen (secondary N) is 1.